The molecule has 1 unspecified atom stereocenters. The molecule has 1 aliphatic carbocycles. The van der Waals surface area contributed by atoms with Gasteiger partial charge in [0.25, 0.3) is 0 Å². The van der Waals surface area contributed by atoms with Gasteiger partial charge in [0, 0.05) is 48.5 Å². The Kier molecular flexibility index (Phi) is 5.76. The van der Waals surface area contributed by atoms with Crippen molar-refractivity contribution in [3.8, 4) is 11.3 Å². The molecule has 0 radical (unpaired) electrons. The molecule has 4 rings (SSSR count). The number of nitrogens with two attached hydrogens (primary N) is 1. The zero-order valence-corrected chi connectivity index (χ0v) is 17.3. The summed E-state index contributed by atoms with van der Waals surface area (Å²) in [6.07, 6.45) is 0.0180. The third-order valence-corrected chi connectivity index (χ3v) is 6.16. The number of nitrogen functional groups attached to an aromatic ring is 1. The molecule has 2 aromatic heterocycles. The number of morpholine rings is 1. The summed E-state index contributed by atoms with van der Waals surface area (Å²) in [6.45, 7) is 7.56. The second-order valence-corrected chi connectivity index (χ2v) is 8.46. The summed E-state index contributed by atoms with van der Waals surface area (Å²) < 4.78 is 47.2. The number of aromatic nitrogens is 3. The Bertz CT molecular complexity index is 889. The van der Waals surface area contributed by atoms with Crippen LogP contribution in [-0.2, 0) is 10.9 Å². The van der Waals surface area contributed by atoms with E-state index in [0.717, 1.165) is 57.3 Å². The van der Waals surface area contributed by atoms with Crippen LogP contribution in [0.5, 0.6) is 0 Å². The molecule has 0 spiro atoms. The summed E-state index contributed by atoms with van der Waals surface area (Å²) in [5, 5.41) is 4.65. The van der Waals surface area contributed by atoms with Crippen molar-refractivity contribution < 1.29 is 17.9 Å². The van der Waals surface area contributed by atoms with Gasteiger partial charge in [-0.15, -0.1) is 0 Å². The molecule has 2 fully saturated rings. The Balaban J connectivity index is 1.62. The summed E-state index contributed by atoms with van der Waals surface area (Å²) in [5.41, 5.74) is 6.45. The molecule has 2 N–H and O–H groups in total. The Morgan fingerprint density at radius 1 is 1.17 bits per heavy atom. The van der Waals surface area contributed by atoms with Gasteiger partial charge >= 0.3 is 6.18 Å². The topological polar surface area (TPSA) is 69.2 Å². The van der Waals surface area contributed by atoms with E-state index in [1.807, 2.05) is 24.6 Å². The molecule has 0 bridgehead atoms. The van der Waals surface area contributed by atoms with Gasteiger partial charge in [-0.3, -0.25) is 9.58 Å². The van der Waals surface area contributed by atoms with Crippen molar-refractivity contribution in [2.24, 2.45) is 0 Å². The Hall–Kier alpha value is -2.13. The highest BCUT2D eigenvalue weighted by atomic mass is 19.4. The van der Waals surface area contributed by atoms with Crippen LogP contribution < -0.4 is 5.73 Å². The lowest BCUT2D eigenvalue weighted by Crippen LogP contribution is -2.42. The SMILES string of the molecule is CC(C)n1nc(-c2cnc(N)c(C(F)(F)F)c2)cc1[C@@H]1CCC(N2CCOCC2)C1. The number of alkyl halides is 3. The standard InChI is InChI=1S/C21H28F3N5O/c1-13(2)29-19(14-3-4-16(9-14)28-5-7-30-8-6-28)11-18(27-29)15-10-17(21(22,23)24)20(25)26-12-15/h10-14,16H,3-9H2,1-2H3,(H2,25,26)/t14-,16?/m1/s1. The van der Waals surface area contributed by atoms with E-state index in [4.69, 9.17) is 10.5 Å². The van der Waals surface area contributed by atoms with Crippen LogP contribution in [0, 0.1) is 0 Å². The van der Waals surface area contributed by atoms with Crippen LogP contribution in [0.25, 0.3) is 11.3 Å². The first-order valence-electron chi connectivity index (χ1n) is 10.5. The number of hydrogen-bond donors (Lipinski definition) is 1. The van der Waals surface area contributed by atoms with Crippen molar-refractivity contribution in [3.63, 3.8) is 0 Å². The van der Waals surface area contributed by atoms with Gasteiger partial charge in [0.1, 0.15) is 5.82 Å². The predicted octanol–water partition coefficient (Wildman–Crippen LogP) is 4.10. The molecular weight excluding hydrogens is 395 g/mol. The predicted molar refractivity (Wildman–Crippen MR) is 108 cm³/mol. The van der Waals surface area contributed by atoms with Gasteiger partial charge in [-0.2, -0.15) is 18.3 Å². The van der Waals surface area contributed by atoms with Crippen LogP contribution in [-0.4, -0.2) is 52.0 Å². The van der Waals surface area contributed by atoms with Gasteiger partial charge in [-0.1, -0.05) is 0 Å². The average molecular weight is 423 g/mol. The molecule has 2 aliphatic rings. The van der Waals surface area contributed by atoms with Crippen molar-refractivity contribution in [2.75, 3.05) is 32.0 Å². The van der Waals surface area contributed by atoms with E-state index < -0.39 is 17.6 Å². The van der Waals surface area contributed by atoms with Gasteiger partial charge in [0.15, 0.2) is 0 Å². The first-order valence-corrected chi connectivity index (χ1v) is 10.5. The molecule has 30 heavy (non-hydrogen) atoms. The number of anilines is 1. The second-order valence-electron chi connectivity index (χ2n) is 8.46. The van der Waals surface area contributed by atoms with Gasteiger partial charge < -0.3 is 10.5 Å². The quantitative estimate of drug-likeness (QED) is 0.802. The number of nitrogens with zero attached hydrogens (tertiary/aromatic N) is 4. The van der Waals surface area contributed by atoms with E-state index in [-0.39, 0.29) is 6.04 Å². The number of halogens is 3. The van der Waals surface area contributed by atoms with Gasteiger partial charge in [-0.25, -0.2) is 4.98 Å². The summed E-state index contributed by atoms with van der Waals surface area (Å²) in [4.78, 5) is 6.27. The molecule has 9 heteroatoms. The highest BCUT2D eigenvalue weighted by Crippen LogP contribution is 2.40. The number of pyridine rings is 1. The molecule has 1 aliphatic heterocycles. The molecule has 3 heterocycles. The Labute approximate surface area is 174 Å². The second kappa shape index (κ2) is 8.19. The molecule has 1 saturated heterocycles. The van der Waals surface area contributed by atoms with E-state index in [2.05, 4.69) is 15.0 Å². The Morgan fingerprint density at radius 3 is 2.57 bits per heavy atom. The highest BCUT2D eigenvalue weighted by Gasteiger charge is 2.35. The third kappa shape index (κ3) is 4.18. The van der Waals surface area contributed by atoms with E-state index >= 15 is 0 Å². The minimum Gasteiger partial charge on any atom is -0.383 e. The van der Waals surface area contributed by atoms with Gasteiger partial charge in [0.2, 0.25) is 0 Å². The van der Waals surface area contributed by atoms with Crippen molar-refractivity contribution in [2.45, 2.75) is 57.3 Å². The molecule has 2 atom stereocenters. The largest absolute Gasteiger partial charge is 0.419 e. The van der Waals surface area contributed by atoms with Gasteiger partial charge in [0.05, 0.1) is 24.5 Å². The third-order valence-electron chi connectivity index (χ3n) is 6.16. The van der Waals surface area contributed by atoms with Crippen LogP contribution in [0.2, 0.25) is 0 Å². The van der Waals surface area contributed by atoms with Crippen LogP contribution in [0.3, 0.4) is 0 Å². The fourth-order valence-corrected chi connectivity index (χ4v) is 4.61. The van der Waals surface area contributed by atoms with Crippen molar-refractivity contribution in [3.05, 3.63) is 29.6 Å². The van der Waals surface area contributed by atoms with Crippen LogP contribution in [0.1, 0.15) is 56.3 Å². The van der Waals surface area contributed by atoms with E-state index in [9.17, 15) is 13.2 Å². The zero-order valence-electron chi connectivity index (χ0n) is 17.3. The maximum absolute atomic E-state index is 13.3. The van der Waals surface area contributed by atoms with Crippen molar-refractivity contribution >= 4 is 5.82 Å². The summed E-state index contributed by atoms with van der Waals surface area (Å²) in [6, 6.07) is 3.61. The average Bonchev–Trinajstić information content (AvgIpc) is 3.35. The fourth-order valence-electron chi connectivity index (χ4n) is 4.61. The minimum absolute atomic E-state index is 0.111. The molecule has 0 amide bonds. The van der Waals surface area contributed by atoms with Crippen molar-refractivity contribution in [1.29, 1.82) is 0 Å². The number of hydrogen-bond acceptors (Lipinski definition) is 5. The lowest BCUT2D eigenvalue weighted by atomic mass is 10.0. The highest BCUT2D eigenvalue weighted by molar-refractivity contribution is 5.62. The number of ether oxygens (including phenoxy) is 1. The summed E-state index contributed by atoms with van der Waals surface area (Å²) in [5.74, 6) is -0.177. The maximum atomic E-state index is 13.3. The smallest absolute Gasteiger partial charge is 0.383 e. The van der Waals surface area contributed by atoms with Crippen LogP contribution >= 0.6 is 0 Å². The lowest BCUT2D eigenvalue weighted by molar-refractivity contribution is -0.137. The molecule has 2 aromatic rings. The molecule has 1 saturated carbocycles. The molecule has 0 aromatic carbocycles. The zero-order chi connectivity index (χ0) is 21.5. The summed E-state index contributed by atoms with van der Waals surface area (Å²) >= 11 is 0. The first kappa shape index (κ1) is 21.1. The molecule has 6 nitrogen and oxygen atoms in total. The lowest BCUT2D eigenvalue weighted by Gasteiger charge is -2.32. The van der Waals surface area contributed by atoms with E-state index in [1.165, 1.54) is 6.20 Å². The molecular formula is C21H28F3N5O. The maximum Gasteiger partial charge on any atom is 0.419 e. The number of rotatable bonds is 4. The monoisotopic (exact) mass is 423 g/mol. The first-order chi connectivity index (χ1) is 14.2. The fraction of sp³-hybridized carbons (Fsp3) is 0.619. The van der Waals surface area contributed by atoms with Gasteiger partial charge in [-0.05, 0) is 45.2 Å². The van der Waals surface area contributed by atoms with Crippen molar-refractivity contribution in [1.82, 2.24) is 19.7 Å². The molecule has 164 valence electrons. The van der Waals surface area contributed by atoms with E-state index in [0.29, 0.717) is 23.2 Å². The van der Waals surface area contributed by atoms with E-state index in [1.54, 1.807) is 0 Å². The van der Waals surface area contributed by atoms with Crippen LogP contribution in [0.15, 0.2) is 18.3 Å². The normalized spacial score (nSPS) is 23.4. The summed E-state index contributed by atoms with van der Waals surface area (Å²) in [7, 11) is 0. The van der Waals surface area contributed by atoms with Crippen LogP contribution in [0.4, 0.5) is 19.0 Å². The minimum atomic E-state index is -4.55. The Morgan fingerprint density at radius 2 is 1.90 bits per heavy atom.